The SMILES string of the molecule is CC(NCc1ccno1)c1cccc([N+](=O)[O-])c1. The highest BCUT2D eigenvalue weighted by Crippen LogP contribution is 2.19. The van der Waals surface area contributed by atoms with Gasteiger partial charge in [0.05, 0.1) is 17.7 Å². The molecule has 0 aliphatic carbocycles. The largest absolute Gasteiger partial charge is 0.360 e. The molecule has 0 fully saturated rings. The highest BCUT2D eigenvalue weighted by atomic mass is 16.6. The number of hydrogen-bond donors (Lipinski definition) is 1. The van der Waals surface area contributed by atoms with Gasteiger partial charge in [-0.05, 0) is 12.5 Å². The molecule has 0 spiro atoms. The average Bonchev–Trinajstić information content (AvgIpc) is 2.89. The first kappa shape index (κ1) is 12.3. The Bertz CT molecular complexity index is 525. The van der Waals surface area contributed by atoms with E-state index < -0.39 is 4.92 Å². The van der Waals surface area contributed by atoms with E-state index in [1.807, 2.05) is 13.0 Å². The Hall–Kier alpha value is -2.21. The number of aromatic nitrogens is 1. The summed E-state index contributed by atoms with van der Waals surface area (Å²) in [6.45, 7) is 2.47. The predicted molar refractivity (Wildman–Crippen MR) is 64.9 cm³/mol. The Morgan fingerprint density at radius 2 is 2.33 bits per heavy atom. The zero-order chi connectivity index (χ0) is 13.0. The van der Waals surface area contributed by atoms with E-state index in [-0.39, 0.29) is 11.7 Å². The molecule has 1 unspecified atom stereocenters. The smallest absolute Gasteiger partial charge is 0.269 e. The van der Waals surface area contributed by atoms with E-state index in [9.17, 15) is 10.1 Å². The summed E-state index contributed by atoms with van der Waals surface area (Å²) in [6, 6.07) is 8.35. The second-order valence-corrected chi connectivity index (χ2v) is 3.93. The molecule has 0 saturated heterocycles. The molecule has 94 valence electrons. The normalized spacial score (nSPS) is 12.3. The third kappa shape index (κ3) is 2.92. The van der Waals surface area contributed by atoms with Crippen LogP contribution in [0.15, 0.2) is 41.1 Å². The van der Waals surface area contributed by atoms with E-state index in [1.54, 1.807) is 24.4 Å². The van der Waals surface area contributed by atoms with Gasteiger partial charge in [0.25, 0.3) is 5.69 Å². The van der Waals surface area contributed by atoms with E-state index in [2.05, 4.69) is 10.5 Å². The number of non-ortho nitro benzene ring substituents is 1. The number of nitro benzene ring substituents is 1. The van der Waals surface area contributed by atoms with Gasteiger partial charge >= 0.3 is 0 Å². The van der Waals surface area contributed by atoms with E-state index in [0.717, 1.165) is 11.3 Å². The van der Waals surface area contributed by atoms with E-state index in [1.165, 1.54) is 6.07 Å². The van der Waals surface area contributed by atoms with E-state index >= 15 is 0 Å². The van der Waals surface area contributed by atoms with Gasteiger partial charge in [0, 0.05) is 24.2 Å². The van der Waals surface area contributed by atoms with Crippen LogP contribution in [0.4, 0.5) is 5.69 Å². The number of benzene rings is 1. The third-order valence-corrected chi connectivity index (χ3v) is 2.65. The van der Waals surface area contributed by atoms with Crippen molar-refractivity contribution in [1.29, 1.82) is 0 Å². The molecule has 1 aromatic carbocycles. The maximum Gasteiger partial charge on any atom is 0.269 e. The maximum atomic E-state index is 10.7. The van der Waals surface area contributed by atoms with Crippen LogP contribution in [0.3, 0.4) is 0 Å². The highest BCUT2D eigenvalue weighted by Gasteiger charge is 2.11. The Labute approximate surface area is 104 Å². The van der Waals surface area contributed by atoms with Gasteiger partial charge in [-0.15, -0.1) is 0 Å². The standard InChI is InChI=1S/C12H13N3O3/c1-9(13-8-12-5-6-14-18-12)10-3-2-4-11(7-10)15(16)17/h2-7,9,13H,8H2,1H3. The number of nitrogens with one attached hydrogen (secondary N) is 1. The molecule has 18 heavy (non-hydrogen) atoms. The molecule has 1 atom stereocenters. The topological polar surface area (TPSA) is 81.2 Å². The van der Waals surface area contributed by atoms with Crippen LogP contribution in [0.25, 0.3) is 0 Å². The molecule has 2 rings (SSSR count). The van der Waals surface area contributed by atoms with Crippen LogP contribution in [0, 0.1) is 10.1 Å². The summed E-state index contributed by atoms with van der Waals surface area (Å²) in [6.07, 6.45) is 1.58. The Morgan fingerprint density at radius 3 is 3.00 bits per heavy atom. The second kappa shape index (κ2) is 5.42. The minimum absolute atomic E-state index is 0.00463. The molecule has 2 aromatic rings. The number of nitrogens with zero attached hydrogens (tertiary/aromatic N) is 2. The fourth-order valence-corrected chi connectivity index (χ4v) is 1.61. The Morgan fingerprint density at radius 1 is 1.50 bits per heavy atom. The summed E-state index contributed by atoms with van der Waals surface area (Å²) in [7, 11) is 0. The minimum Gasteiger partial charge on any atom is -0.360 e. The quantitative estimate of drug-likeness (QED) is 0.648. The van der Waals surface area contributed by atoms with E-state index in [4.69, 9.17) is 4.52 Å². The van der Waals surface area contributed by atoms with Crippen LogP contribution in [0.5, 0.6) is 0 Å². The zero-order valence-corrected chi connectivity index (χ0v) is 9.87. The summed E-state index contributed by atoms with van der Waals surface area (Å²) in [4.78, 5) is 10.3. The number of rotatable bonds is 5. The van der Waals surface area contributed by atoms with Gasteiger partial charge in [0.15, 0.2) is 0 Å². The van der Waals surface area contributed by atoms with Gasteiger partial charge in [-0.25, -0.2) is 0 Å². The van der Waals surface area contributed by atoms with Crippen molar-refractivity contribution in [2.75, 3.05) is 0 Å². The Balaban J connectivity index is 2.02. The molecule has 1 N–H and O–H groups in total. The second-order valence-electron chi connectivity index (χ2n) is 3.93. The third-order valence-electron chi connectivity index (χ3n) is 2.65. The first-order valence-electron chi connectivity index (χ1n) is 5.54. The fourth-order valence-electron chi connectivity index (χ4n) is 1.61. The molecule has 6 heteroatoms. The van der Waals surface area contributed by atoms with Gasteiger partial charge in [-0.2, -0.15) is 0 Å². The van der Waals surface area contributed by atoms with Crippen molar-refractivity contribution < 1.29 is 9.45 Å². The number of hydrogen-bond acceptors (Lipinski definition) is 5. The molecule has 0 radical (unpaired) electrons. The molecule has 0 bridgehead atoms. The summed E-state index contributed by atoms with van der Waals surface area (Å²) >= 11 is 0. The van der Waals surface area contributed by atoms with Gasteiger partial charge < -0.3 is 9.84 Å². The van der Waals surface area contributed by atoms with Crippen molar-refractivity contribution >= 4 is 5.69 Å². The molecular formula is C12H13N3O3. The Kier molecular flexibility index (Phi) is 3.69. The van der Waals surface area contributed by atoms with Gasteiger partial charge in [-0.1, -0.05) is 17.3 Å². The lowest BCUT2D eigenvalue weighted by molar-refractivity contribution is -0.384. The molecule has 1 heterocycles. The fraction of sp³-hybridized carbons (Fsp3) is 0.250. The molecular weight excluding hydrogens is 234 g/mol. The van der Waals surface area contributed by atoms with Gasteiger partial charge in [0.2, 0.25) is 0 Å². The monoisotopic (exact) mass is 247 g/mol. The average molecular weight is 247 g/mol. The first-order chi connectivity index (χ1) is 8.66. The van der Waals surface area contributed by atoms with Crippen molar-refractivity contribution in [2.24, 2.45) is 0 Å². The highest BCUT2D eigenvalue weighted by molar-refractivity contribution is 5.35. The first-order valence-corrected chi connectivity index (χ1v) is 5.54. The van der Waals surface area contributed by atoms with Crippen LogP contribution in [-0.2, 0) is 6.54 Å². The van der Waals surface area contributed by atoms with Crippen molar-refractivity contribution in [3.63, 3.8) is 0 Å². The van der Waals surface area contributed by atoms with Crippen LogP contribution in [0.2, 0.25) is 0 Å². The summed E-state index contributed by atoms with van der Waals surface area (Å²) < 4.78 is 4.96. The lowest BCUT2D eigenvalue weighted by atomic mass is 10.1. The zero-order valence-electron chi connectivity index (χ0n) is 9.87. The lowest BCUT2D eigenvalue weighted by Gasteiger charge is -2.12. The van der Waals surface area contributed by atoms with E-state index in [0.29, 0.717) is 6.54 Å². The summed E-state index contributed by atoms with van der Waals surface area (Å²) in [5, 5.41) is 17.5. The molecule has 1 aromatic heterocycles. The molecule has 0 amide bonds. The summed E-state index contributed by atoms with van der Waals surface area (Å²) in [5.41, 5.74) is 0.963. The summed E-state index contributed by atoms with van der Waals surface area (Å²) in [5.74, 6) is 0.729. The molecule has 6 nitrogen and oxygen atoms in total. The molecule has 0 saturated carbocycles. The maximum absolute atomic E-state index is 10.7. The molecule has 0 aliphatic rings. The minimum atomic E-state index is -0.396. The van der Waals surface area contributed by atoms with Crippen molar-refractivity contribution in [2.45, 2.75) is 19.5 Å². The number of nitro groups is 1. The van der Waals surface area contributed by atoms with Crippen LogP contribution >= 0.6 is 0 Å². The van der Waals surface area contributed by atoms with Crippen LogP contribution < -0.4 is 5.32 Å². The lowest BCUT2D eigenvalue weighted by Crippen LogP contribution is -2.17. The van der Waals surface area contributed by atoms with Gasteiger partial charge in [-0.3, -0.25) is 10.1 Å². The van der Waals surface area contributed by atoms with Crippen molar-refractivity contribution in [3.05, 3.63) is 58.0 Å². The van der Waals surface area contributed by atoms with Crippen molar-refractivity contribution in [1.82, 2.24) is 10.5 Å². The molecule has 0 aliphatic heterocycles. The van der Waals surface area contributed by atoms with Gasteiger partial charge in [0.1, 0.15) is 5.76 Å². The van der Waals surface area contributed by atoms with Crippen LogP contribution in [0.1, 0.15) is 24.3 Å². The van der Waals surface area contributed by atoms with Crippen molar-refractivity contribution in [3.8, 4) is 0 Å². The predicted octanol–water partition coefficient (Wildman–Crippen LogP) is 2.43. The van der Waals surface area contributed by atoms with Crippen LogP contribution in [-0.4, -0.2) is 10.1 Å².